The van der Waals surface area contributed by atoms with E-state index in [0.29, 0.717) is 36.2 Å². The third kappa shape index (κ3) is 4.85. The maximum absolute atomic E-state index is 14.4. The average Bonchev–Trinajstić information content (AvgIpc) is 3.11. The summed E-state index contributed by atoms with van der Waals surface area (Å²) in [4.78, 5) is 14.5. The topological polar surface area (TPSA) is 51.0 Å². The lowest BCUT2D eigenvalue weighted by Crippen LogP contribution is -2.36. The van der Waals surface area contributed by atoms with Crippen molar-refractivity contribution >= 4 is 17.7 Å². The summed E-state index contributed by atoms with van der Waals surface area (Å²) < 4.78 is 16.3. The Balaban J connectivity index is 1.97. The van der Waals surface area contributed by atoms with Crippen molar-refractivity contribution in [3.63, 3.8) is 0 Å². The second-order valence-corrected chi connectivity index (χ2v) is 7.94. The highest BCUT2D eigenvalue weighted by atomic mass is 32.2. The van der Waals surface area contributed by atoms with E-state index in [1.54, 1.807) is 23.1 Å². The molecule has 0 spiro atoms. The normalized spacial score (nSPS) is 12.0. The molecule has 7 heteroatoms. The zero-order valence-corrected chi connectivity index (χ0v) is 17.7. The molecule has 1 unspecified atom stereocenters. The molecular weight excluding hydrogens is 387 g/mol. The Labute approximate surface area is 175 Å². The molecule has 0 N–H and O–H groups in total. The summed E-state index contributed by atoms with van der Waals surface area (Å²) in [5.41, 5.74) is 1.44. The molecule has 1 aromatic heterocycles. The highest BCUT2D eigenvalue weighted by molar-refractivity contribution is 8.00. The van der Waals surface area contributed by atoms with Crippen LogP contribution >= 0.6 is 11.8 Å². The highest BCUT2D eigenvalue weighted by Gasteiger charge is 2.24. The van der Waals surface area contributed by atoms with Crippen molar-refractivity contribution in [3.05, 3.63) is 66.0 Å². The summed E-state index contributed by atoms with van der Waals surface area (Å²) in [5.74, 6) is 0.164. The van der Waals surface area contributed by atoms with Crippen LogP contribution in [0.1, 0.15) is 26.3 Å². The Kier molecular flexibility index (Phi) is 7.04. The largest absolute Gasteiger partial charge is 0.342 e. The molecule has 2 aromatic carbocycles. The minimum absolute atomic E-state index is 0.0571. The van der Waals surface area contributed by atoms with Crippen molar-refractivity contribution in [1.29, 1.82) is 0 Å². The van der Waals surface area contributed by atoms with Crippen LogP contribution in [0.25, 0.3) is 11.4 Å². The van der Waals surface area contributed by atoms with Gasteiger partial charge in [0.05, 0.1) is 17.4 Å². The van der Waals surface area contributed by atoms with E-state index in [0.717, 1.165) is 5.56 Å². The van der Waals surface area contributed by atoms with Crippen molar-refractivity contribution in [2.45, 2.75) is 37.7 Å². The zero-order valence-electron chi connectivity index (χ0n) is 16.9. The molecule has 0 saturated heterocycles. The summed E-state index contributed by atoms with van der Waals surface area (Å²) in [5, 5.41) is 8.85. The second-order valence-electron chi connectivity index (χ2n) is 6.63. The molecule has 1 atom stereocenters. The smallest absolute Gasteiger partial charge is 0.235 e. The molecule has 3 rings (SSSR count). The molecule has 0 aliphatic rings. The van der Waals surface area contributed by atoms with Gasteiger partial charge in [-0.15, -0.1) is 10.2 Å². The summed E-state index contributed by atoms with van der Waals surface area (Å²) in [6.07, 6.45) is 0. The van der Waals surface area contributed by atoms with Crippen LogP contribution in [0.4, 0.5) is 4.39 Å². The third-order valence-electron chi connectivity index (χ3n) is 4.72. The lowest BCUT2D eigenvalue weighted by Gasteiger charge is -2.22. The first-order chi connectivity index (χ1) is 14.0. The van der Waals surface area contributed by atoms with Crippen LogP contribution in [0, 0.1) is 5.82 Å². The number of benzene rings is 2. The number of carbonyl (C=O) groups is 1. The minimum Gasteiger partial charge on any atom is -0.342 e. The van der Waals surface area contributed by atoms with Crippen molar-refractivity contribution in [2.24, 2.45) is 0 Å². The fourth-order valence-corrected chi connectivity index (χ4v) is 4.06. The fraction of sp³-hybridized carbons (Fsp3) is 0.318. The standard InChI is InChI=1S/C22H25FN4OS/c1-4-26(5-2)21(28)16(3)29-22-25-24-20(18-13-9-10-14-19(18)23)27(22)15-17-11-7-6-8-12-17/h6-14,16H,4-5,15H2,1-3H3. The number of halogens is 1. The molecule has 29 heavy (non-hydrogen) atoms. The van der Waals surface area contributed by atoms with Gasteiger partial charge in [-0.3, -0.25) is 9.36 Å². The Bertz CT molecular complexity index is 956. The molecule has 0 fully saturated rings. The molecule has 152 valence electrons. The lowest BCUT2D eigenvalue weighted by atomic mass is 10.2. The number of hydrogen-bond acceptors (Lipinski definition) is 4. The van der Waals surface area contributed by atoms with Gasteiger partial charge in [0.2, 0.25) is 5.91 Å². The second kappa shape index (κ2) is 9.69. The molecule has 3 aromatic rings. The molecule has 0 aliphatic carbocycles. The Morgan fingerprint density at radius 2 is 1.72 bits per heavy atom. The van der Waals surface area contributed by atoms with E-state index in [-0.39, 0.29) is 17.0 Å². The fourth-order valence-electron chi connectivity index (χ4n) is 3.13. The quantitative estimate of drug-likeness (QED) is 0.512. The first kappa shape index (κ1) is 21.0. The summed E-state index contributed by atoms with van der Waals surface area (Å²) in [6, 6.07) is 16.4. The van der Waals surface area contributed by atoms with Crippen LogP contribution in [0.5, 0.6) is 0 Å². The third-order valence-corrected chi connectivity index (χ3v) is 5.79. The van der Waals surface area contributed by atoms with Crippen LogP contribution in [-0.2, 0) is 11.3 Å². The number of carbonyl (C=O) groups excluding carboxylic acids is 1. The van der Waals surface area contributed by atoms with Gasteiger partial charge >= 0.3 is 0 Å². The number of aromatic nitrogens is 3. The van der Waals surface area contributed by atoms with E-state index < -0.39 is 0 Å². The summed E-state index contributed by atoms with van der Waals surface area (Å²) >= 11 is 1.35. The maximum Gasteiger partial charge on any atom is 0.235 e. The van der Waals surface area contributed by atoms with E-state index in [1.807, 2.05) is 55.7 Å². The Morgan fingerprint density at radius 3 is 2.38 bits per heavy atom. The van der Waals surface area contributed by atoms with E-state index in [9.17, 15) is 9.18 Å². The van der Waals surface area contributed by atoms with Crippen molar-refractivity contribution in [2.75, 3.05) is 13.1 Å². The van der Waals surface area contributed by atoms with Gasteiger partial charge in [-0.2, -0.15) is 0 Å². The van der Waals surface area contributed by atoms with Gasteiger partial charge in [0.15, 0.2) is 11.0 Å². The van der Waals surface area contributed by atoms with Gasteiger partial charge in [-0.05, 0) is 38.5 Å². The molecule has 0 radical (unpaired) electrons. The van der Waals surface area contributed by atoms with Gasteiger partial charge in [0.1, 0.15) is 5.82 Å². The Morgan fingerprint density at radius 1 is 1.07 bits per heavy atom. The molecule has 1 heterocycles. The van der Waals surface area contributed by atoms with Crippen LogP contribution in [0.3, 0.4) is 0 Å². The lowest BCUT2D eigenvalue weighted by molar-refractivity contribution is -0.129. The molecule has 0 saturated carbocycles. The van der Waals surface area contributed by atoms with Gasteiger partial charge in [0, 0.05) is 13.1 Å². The number of nitrogens with zero attached hydrogens (tertiary/aromatic N) is 4. The average molecular weight is 413 g/mol. The molecule has 1 amide bonds. The predicted molar refractivity (Wildman–Crippen MR) is 114 cm³/mol. The van der Waals surface area contributed by atoms with E-state index in [1.165, 1.54) is 17.8 Å². The van der Waals surface area contributed by atoms with E-state index in [2.05, 4.69) is 10.2 Å². The summed E-state index contributed by atoms with van der Waals surface area (Å²) in [6.45, 7) is 7.62. The zero-order chi connectivity index (χ0) is 20.8. The summed E-state index contributed by atoms with van der Waals surface area (Å²) in [7, 11) is 0. The van der Waals surface area contributed by atoms with Gasteiger partial charge in [-0.25, -0.2) is 4.39 Å². The number of hydrogen-bond donors (Lipinski definition) is 0. The Hall–Kier alpha value is -2.67. The van der Waals surface area contributed by atoms with Gasteiger partial charge < -0.3 is 4.90 Å². The number of rotatable bonds is 8. The first-order valence-corrected chi connectivity index (χ1v) is 10.6. The van der Waals surface area contributed by atoms with Crippen LogP contribution in [0.2, 0.25) is 0 Å². The monoisotopic (exact) mass is 412 g/mol. The van der Waals surface area contributed by atoms with Crippen molar-refractivity contribution < 1.29 is 9.18 Å². The highest BCUT2D eigenvalue weighted by Crippen LogP contribution is 2.29. The molecular formula is C22H25FN4OS. The van der Waals surface area contributed by atoms with E-state index in [4.69, 9.17) is 0 Å². The maximum atomic E-state index is 14.4. The van der Waals surface area contributed by atoms with Crippen LogP contribution in [0.15, 0.2) is 59.8 Å². The van der Waals surface area contributed by atoms with E-state index >= 15 is 0 Å². The molecule has 0 aliphatic heterocycles. The van der Waals surface area contributed by atoms with Crippen molar-refractivity contribution in [1.82, 2.24) is 19.7 Å². The molecule has 5 nitrogen and oxygen atoms in total. The first-order valence-electron chi connectivity index (χ1n) is 9.72. The number of thioether (sulfide) groups is 1. The SMILES string of the molecule is CCN(CC)C(=O)C(C)Sc1nnc(-c2ccccc2F)n1Cc1ccccc1. The number of amides is 1. The van der Waals surface area contributed by atoms with Crippen LogP contribution in [-0.4, -0.2) is 43.9 Å². The van der Waals surface area contributed by atoms with Gasteiger partial charge in [0.25, 0.3) is 0 Å². The van der Waals surface area contributed by atoms with Gasteiger partial charge in [-0.1, -0.05) is 54.2 Å². The molecule has 0 bridgehead atoms. The predicted octanol–water partition coefficient (Wildman–Crippen LogP) is 4.48. The van der Waals surface area contributed by atoms with Crippen LogP contribution < -0.4 is 0 Å². The van der Waals surface area contributed by atoms with Crippen molar-refractivity contribution in [3.8, 4) is 11.4 Å². The minimum atomic E-state index is -0.349.